The summed E-state index contributed by atoms with van der Waals surface area (Å²) in [5.74, 6) is 0.905. The zero-order chi connectivity index (χ0) is 22.4. The van der Waals surface area contributed by atoms with Gasteiger partial charge in [-0.15, -0.1) is 6.58 Å². The Balaban J connectivity index is 1.85. The molecule has 1 rings (SSSR count). The van der Waals surface area contributed by atoms with E-state index >= 15 is 0 Å². The quantitative estimate of drug-likeness (QED) is 0.105. The average Bonchev–Trinajstić information content (AvgIpc) is 2.77. The van der Waals surface area contributed by atoms with Crippen molar-refractivity contribution in [3.63, 3.8) is 0 Å². The van der Waals surface area contributed by atoms with Gasteiger partial charge < -0.3 is 0 Å². The Morgan fingerprint density at radius 1 is 0.613 bits per heavy atom. The molecule has 1 unspecified atom stereocenters. The van der Waals surface area contributed by atoms with Crippen LogP contribution in [0.4, 0.5) is 0 Å². The summed E-state index contributed by atoms with van der Waals surface area (Å²) in [4.78, 5) is 0. The van der Waals surface area contributed by atoms with Gasteiger partial charge in [0, 0.05) is 0 Å². The molecule has 0 aromatic rings. The van der Waals surface area contributed by atoms with Gasteiger partial charge in [-0.05, 0) is 50.9 Å². The number of rotatable bonds is 24. The standard InChI is InChI=1S/C31H58/c1-4-6-8-10-12-13-14-15-16-17-18-19-20-21-22-24-26-30-28-29(3)31(30)27-25-23-11-9-7-5-2/h4,29H,1,5-28H2,2-3H3. The summed E-state index contributed by atoms with van der Waals surface area (Å²) < 4.78 is 0. The van der Waals surface area contributed by atoms with Crippen LogP contribution in [0.2, 0.25) is 0 Å². The van der Waals surface area contributed by atoms with Crippen LogP contribution in [0.15, 0.2) is 23.8 Å². The Hall–Kier alpha value is -0.520. The summed E-state index contributed by atoms with van der Waals surface area (Å²) in [5.41, 5.74) is 3.73. The van der Waals surface area contributed by atoms with Gasteiger partial charge in [-0.2, -0.15) is 0 Å². The maximum Gasteiger partial charge on any atom is -0.0192 e. The van der Waals surface area contributed by atoms with Gasteiger partial charge in [-0.3, -0.25) is 0 Å². The van der Waals surface area contributed by atoms with Crippen molar-refractivity contribution in [1.29, 1.82) is 0 Å². The first-order valence-electron chi connectivity index (χ1n) is 14.6. The van der Waals surface area contributed by atoms with E-state index in [0.29, 0.717) is 0 Å². The molecule has 0 fully saturated rings. The van der Waals surface area contributed by atoms with Crippen LogP contribution in [0.3, 0.4) is 0 Å². The molecule has 0 bridgehead atoms. The lowest BCUT2D eigenvalue weighted by Gasteiger charge is -2.32. The first-order valence-corrected chi connectivity index (χ1v) is 14.6. The molecule has 1 atom stereocenters. The minimum absolute atomic E-state index is 0.905. The molecule has 0 aromatic carbocycles. The molecule has 0 heteroatoms. The maximum absolute atomic E-state index is 3.80. The second-order valence-corrected chi connectivity index (χ2v) is 10.5. The predicted octanol–water partition coefficient (Wildman–Crippen LogP) is 11.5. The van der Waals surface area contributed by atoms with E-state index in [2.05, 4.69) is 26.5 Å². The smallest absolute Gasteiger partial charge is 0.0192 e. The van der Waals surface area contributed by atoms with Crippen molar-refractivity contribution in [2.45, 2.75) is 168 Å². The molecule has 0 nitrogen and oxygen atoms in total. The number of hydrogen-bond donors (Lipinski definition) is 0. The van der Waals surface area contributed by atoms with Crippen molar-refractivity contribution < 1.29 is 0 Å². The Labute approximate surface area is 197 Å². The summed E-state index contributed by atoms with van der Waals surface area (Å²) in [6, 6.07) is 0. The van der Waals surface area contributed by atoms with Crippen LogP contribution in [0, 0.1) is 5.92 Å². The highest BCUT2D eigenvalue weighted by atomic mass is 14.3. The lowest BCUT2D eigenvalue weighted by atomic mass is 9.74. The van der Waals surface area contributed by atoms with E-state index in [1.807, 2.05) is 11.1 Å². The van der Waals surface area contributed by atoms with Crippen molar-refractivity contribution in [2.75, 3.05) is 0 Å². The Bertz CT molecular complexity index is 429. The number of hydrogen-bond acceptors (Lipinski definition) is 0. The van der Waals surface area contributed by atoms with Crippen molar-refractivity contribution >= 4 is 0 Å². The van der Waals surface area contributed by atoms with Crippen LogP contribution in [-0.2, 0) is 0 Å². The molecule has 0 aromatic heterocycles. The lowest BCUT2D eigenvalue weighted by Crippen LogP contribution is -2.15. The molecule has 0 spiro atoms. The molecule has 0 N–H and O–H groups in total. The van der Waals surface area contributed by atoms with Crippen LogP contribution >= 0.6 is 0 Å². The SMILES string of the molecule is C=CCCCCCCCCCCCCCCCCC1=C(CCCCCCCC)C(C)C1. The highest BCUT2D eigenvalue weighted by molar-refractivity contribution is 5.27. The number of allylic oxidation sites excluding steroid dienone is 3. The summed E-state index contributed by atoms with van der Waals surface area (Å²) in [6.45, 7) is 8.57. The molecule has 0 amide bonds. The van der Waals surface area contributed by atoms with Crippen LogP contribution in [0.25, 0.3) is 0 Å². The third kappa shape index (κ3) is 15.8. The fourth-order valence-corrected chi connectivity index (χ4v) is 5.37. The van der Waals surface area contributed by atoms with Gasteiger partial charge in [0.25, 0.3) is 0 Å². The largest absolute Gasteiger partial charge is 0.103 e. The molecular weight excluding hydrogens is 372 g/mol. The number of unbranched alkanes of at least 4 members (excludes halogenated alkanes) is 19. The highest BCUT2D eigenvalue weighted by Gasteiger charge is 2.23. The van der Waals surface area contributed by atoms with E-state index in [9.17, 15) is 0 Å². The molecule has 1 aliphatic carbocycles. The zero-order valence-electron chi connectivity index (χ0n) is 21.8. The van der Waals surface area contributed by atoms with Crippen molar-refractivity contribution in [3.8, 4) is 0 Å². The van der Waals surface area contributed by atoms with Gasteiger partial charge in [0.1, 0.15) is 0 Å². The highest BCUT2D eigenvalue weighted by Crippen LogP contribution is 2.40. The van der Waals surface area contributed by atoms with Gasteiger partial charge in [-0.25, -0.2) is 0 Å². The molecule has 1 aliphatic rings. The first kappa shape index (κ1) is 28.5. The first-order chi connectivity index (χ1) is 15.3. The molecule has 0 radical (unpaired) electrons. The van der Waals surface area contributed by atoms with Gasteiger partial charge in [0.05, 0.1) is 0 Å². The molecule has 31 heavy (non-hydrogen) atoms. The summed E-state index contributed by atoms with van der Waals surface area (Å²) in [6.07, 6.45) is 36.5. The fourth-order valence-electron chi connectivity index (χ4n) is 5.37. The van der Waals surface area contributed by atoms with Crippen LogP contribution in [0.5, 0.6) is 0 Å². The Kier molecular flexibility index (Phi) is 19.6. The van der Waals surface area contributed by atoms with E-state index in [1.165, 1.54) is 154 Å². The van der Waals surface area contributed by atoms with Gasteiger partial charge in [0.2, 0.25) is 0 Å². The van der Waals surface area contributed by atoms with Gasteiger partial charge in [0.15, 0.2) is 0 Å². The molecule has 0 heterocycles. The fraction of sp³-hybridized carbons (Fsp3) is 0.871. The maximum atomic E-state index is 3.80. The normalized spacial score (nSPS) is 16.0. The third-order valence-electron chi connectivity index (χ3n) is 7.54. The summed E-state index contributed by atoms with van der Waals surface area (Å²) >= 11 is 0. The molecule has 0 saturated carbocycles. The summed E-state index contributed by atoms with van der Waals surface area (Å²) in [7, 11) is 0. The lowest BCUT2D eigenvalue weighted by molar-refractivity contribution is 0.492. The van der Waals surface area contributed by atoms with Gasteiger partial charge in [-0.1, -0.05) is 140 Å². The molecule has 0 aliphatic heterocycles. The Morgan fingerprint density at radius 3 is 1.48 bits per heavy atom. The zero-order valence-corrected chi connectivity index (χ0v) is 21.8. The van der Waals surface area contributed by atoms with Crippen molar-refractivity contribution in [1.82, 2.24) is 0 Å². The topological polar surface area (TPSA) is 0 Å². The van der Waals surface area contributed by atoms with Gasteiger partial charge >= 0.3 is 0 Å². The average molecular weight is 431 g/mol. The Morgan fingerprint density at radius 2 is 1.03 bits per heavy atom. The van der Waals surface area contributed by atoms with Crippen LogP contribution in [0.1, 0.15) is 168 Å². The van der Waals surface area contributed by atoms with E-state index in [1.54, 1.807) is 0 Å². The minimum atomic E-state index is 0.905. The van der Waals surface area contributed by atoms with E-state index in [-0.39, 0.29) is 0 Å². The summed E-state index contributed by atoms with van der Waals surface area (Å²) in [5, 5.41) is 0. The van der Waals surface area contributed by atoms with Crippen molar-refractivity contribution in [2.24, 2.45) is 5.92 Å². The van der Waals surface area contributed by atoms with Crippen LogP contribution < -0.4 is 0 Å². The van der Waals surface area contributed by atoms with E-state index in [0.717, 1.165) is 5.92 Å². The molecular formula is C31H58. The van der Waals surface area contributed by atoms with E-state index in [4.69, 9.17) is 0 Å². The minimum Gasteiger partial charge on any atom is -0.103 e. The van der Waals surface area contributed by atoms with Crippen molar-refractivity contribution in [3.05, 3.63) is 23.8 Å². The second kappa shape index (κ2) is 21.3. The van der Waals surface area contributed by atoms with Crippen LogP contribution in [-0.4, -0.2) is 0 Å². The predicted molar refractivity (Wildman–Crippen MR) is 143 cm³/mol. The van der Waals surface area contributed by atoms with E-state index < -0.39 is 0 Å². The third-order valence-corrected chi connectivity index (χ3v) is 7.54. The monoisotopic (exact) mass is 430 g/mol. The molecule has 0 saturated heterocycles. The second-order valence-electron chi connectivity index (χ2n) is 10.5. The molecule has 182 valence electrons.